The zero-order valence-electron chi connectivity index (χ0n) is 19.9. The number of para-hydroxylation sites is 2. The van der Waals surface area contributed by atoms with Gasteiger partial charge in [0.2, 0.25) is 0 Å². The summed E-state index contributed by atoms with van der Waals surface area (Å²) < 4.78 is 4.15. The molecule has 0 atom stereocenters. The van der Waals surface area contributed by atoms with Gasteiger partial charge in [0.25, 0.3) is 5.69 Å². The Labute approximate surface area is 208 Å². The molecule has 0 N–H and O–H groups in total. The molecule has 0 aliphatic rings. The second kappa shape index (κ2) is 9.35. The lowest BCUT2D eigenvalue weighted by atomic mass is 10.0. The van der Waals surface area contributed by atoms with Crippen LogP contribution in [0.1, 0.15) is 17.0 Å². The van der Waals surface area contributed by atoms with Crippen LogP contribution in [0.5, 0.6) is 0 Å². The average molecular weight is 474 g/mol. The fourth-order valence-electron chi connectivity index (χ4n) is 4.53. The Kier molecular flexibility index (Phi) is 5.93. The molecule has 176 valence electrons. The smallest absolute Gasteiger partial charge is 0.269 e. The van der Waals surface area contributed by atoms with Crippen LogP contribution < -0.4 is 0 Å². The van der Waals surface area contributed by atoms with Gasteiger partial charge >= 0.3 is 0 Å². The van der Waals surface area contributed by atoms with Crippen LogP contribution in [0, 0.1) is 35.3 Å². The lowest BCUT2D eigenvalue weighted by Gasteiger charge is -2.11. The molecule has 0 bridgehead atoms. The molecule has 0 amide bonds. The highest BCUT2D eigenvalue weighted by Crippen LogP contribution is 2.27. The maximum atomic E-state index is 10.9. The van der Waals surface area contributed by atoms with E-state index in [1.165, 1.54) is 12.1 Å². The fourth-order valence-corrected chi connectivity index (χ4v) is 4.53. The molecule has 0 saturated heterocycles. The Hall–Kier alpha value is -4.96. The molecule has 0 fully saturated rings. The number of fused-ring (bicyclic) bond motifs is 1. The summed E-state index contributed by atoms with van der Waals surface area (Å²) in [6, 6.07) is 27.0. The second-order valence-corrected chi connectivity index (χ2v) is 8.66. The van der Waals surface area contributed by atoms with E-state index in [0.717, 1.165) is 44.8 Å². The number of aromatic nitrogens is 3. The lowest BCUT2D eigenvalue weighted by molar-refractivity contribution is -0.384. The molecule has 0 aliphatic heterocycles. The zero-order valence-corrected chi connectivity index (χ0v) is 19.9. The van der Waals surface area contributed by atoms with E-state index in [2.05, 4.69) is 21.7 Å². The van der Waals surface area contributed by atoms with Crippen LogP contribution >= 0.6 is 0 Å². The van der Waals surface area contributed by atoms with Crippen molar-refractivity contribution >= 4 is 22.8 Å². The summed E-state index contributed by atoms with van der Waals surface area (Å²) in [6.07, 6.45) is 3.71. The highest BCUT2D eigenvalue weighted by Gasteiger charge is 2.12. The topological polar surface area (TPSA) is 89.7 Å². The lowest BCUT2D eigenvalue weighted by Crippen LogP contribution is -2.00. The van der Waals surface area contributed by atoms with Crippen molar-refractivity contribution in [1.29, 1.82) is 5.26 Å². The molecule has 0 spiro atoms. The average Bonchev–Trinajstić information content (AvgIpc) is 3.43. The summed E-state index contributed by atoms with van der Waals surface area (Å²) in [5.41, 5.74) is 8.63. The quantitative estimate of drug-likeness (QED) is 0.157. The molecule has 2 heterocycles. The van der Waals surface area contributed by atoms with Crippen LogP contribution in [0.2, 0.25) is 0 Å². The predicted molar refractivity (Wildman–Crippen MR) is 141 cm³/mol. The van der Waals surface area contributed by atoms with E-state index >= 15 is 0 Å². The molecule has 0 saturated carbocycles. The predicted octanol–water partition coefficient (Wildman–Crippen LogP) is 6.63. The molecule has 2 aromatic heterocycles. The van der Waals surface area contributed by atoms with Crippen molar-refractivity contribution in [3.8, 4) is 22.9 Å². The van der Waals surface area contributed by atoms with Crippen molar-refractivity contribution in [1.82, 2.24) is 14.1 Å². The van der Waals surface area contributed by atoms with Crippen molar-refractivity contribution in [2.45, 2.75) is 20.4 Å². The maximum Gasteiger partial charge on any atom is 0.269 e. The van der Waals surface area contributed by atoms with Gasteiger partial charge in [-0.15, -0.1) is 0 Å². The minimum Gasteiger partial charge on any atom is -0.325 e. The van der Waals surface area contributed by atoms with Gasteiger partial charge in [-0.25, -0.2) is 4.98 Å². The molecule has 0 aliphatic carbocycles. The van der Waals surface area contributed by atoms with Crippen LogP contribution in [0.25, 0.3) is 33.9 Å². The Morgan fingerprint density at radius 1 is 1.03 bits per heavy atom. The van der Waals surface area contributed by atoms with Gasteiger partial charge < -0.3 is 9.13 Å². The Morgan fingerprint density at radius 3 is 2.36 bits per heavy atom. The van der Waals surface area contributed by atoms with Gasteiger partial charge in [0.1, 0.15) is 0 Å². The third-order valence-electron chi connectivity index (χ3n) is 6.35. The van der Waals surface area contributed by atoms with Crippen LogP contribution in [-0.2, 0) is 6.54 Å². The molecule has 0 unspecified atom stereocenters. The number of rotatable bonds is 6. The van der Waals surface area contributed by atoms with Crippen molar-refractivity contribution in [2.75, 3.05) is 0 Å². The number of nitro benzene ring substituents is 1. The van der Waals surface area contributed by atoms with Gasteiger partial charge in [-0.1, -0.05) is 24.3 Å². The maximum absolute atomic E-state index is 10.9. The number of benzene rings is 3. The highest BCUT2D eigenvalue weighted by atomic mass is 16.6. The van der Waals surface area contributed by atoms with Gasteiger partial charge in [0.15, 0.2) is 0 Å². The minimum atomic E-state index is -0.397. The van der Waals surface area contributed by atoms with Crippen LogP contribution in [0.3, 0.4) is 0 Å². The summed E-state index contributed by atoms with van der Waals surface area (Å²) in [5.74, 6) is 0. The number of hydrogen-bond acceptors (Lipinski definition) is 4. The normalized spacial score (nSPS) is 11.5. The number of nitriles is 1. The van der Waals surface area contributed by atoms with Crippen LogP contribution in [-0.4, -0.2) is 19.0 Å². The number of nitro groups is 1. The largest absolute Gasteiger partial charge is 0.325 e. The first kappa shape index (κ1) is 22.8. The SMILES string of the molecule is Cc1cc(/C=C(/C#N)Cn2cnc3ccccc32)c(C)n1-c1ccc(-c2ccc([N+](=O)[O-])cc2)cc1. The summed E-state index contributed by atoms with van der Waals surface area (Å²) in [4.78, 5) is 14.9. The van der Waals surface area contributed by atoms with Gasteiger partial charge in [0, 0.05) is 34.8 Å². The monoisotopic (exact) mass is 473 g/mol. The Bertz CT molecular complexity index is 1650. The number of allylic oxidation sites excluding steroid dienone is 1. The van der Waals surface area contributed by atoms with E-state index in [1.807, 2.05) is 73.0 Å². The van der Waals surface area contributed by atoms with E-state index in [-0.39, 0.29) is 5.69 Å². The molecule has 36 heavy (non-hydrogen) atoms. The van der Waals surface area contributed by atoms with E-state index in [9.17, 15) is 15.4 Å². The van der Waals surface area contributed by atoms with Crippen LogP contribution in [0.15, 0.2) is 90.8 Å². The summed E-state index contributed by atoms with van der Waals surface area (Å²) in [6.45, 7) is 4.54. The summed E-state index contributed by atoms with van der Waals surface area (Å²) in [7, 11) is 0. The molecular weight excluding hydrogens is 450 g/mol. The van der Waals surface area contributed by atoms with Gasteiger partial charge in [-0.05, 0) is 79.1 Å². The van der Waals surface area contributed by atoms with E-state index in [1.54, 1.807) is 18.5 Å². The van der Waals surface area contributed by atoms with Crippen molar-refractivity contribution < 1.29 is 4.92 Å². The third kappa shape index (κ3) is 4.28. The molecule has 7 nitrogen and oxygen atoms in total. The van der Waals surface area contributed by atoms with Crippen molar-refractivity contribution in [3.63, 3.8) is 0 Å². The first-order valence-corrected chi connectivity index (χ1v) is 11.5. The van der Waals surface area contributed by atoms with Gasteiger partial charge in [-0.3, -0.25) is 10.1 Å². The van der Waals surface area contributed by atoms with Gasteiger partial charge in [-0.2, -0.15) is 5.26 Å². The molecule has 7 heteroatoms. The second-order valence-electron chi connectivity index (χ2n) is 8.66. The standard InChI is InChI=1S/C29H23N5O2/c1-20-15-25(16-22(17-30)18-32-19-31-28-5-3-4-6-29(28)32)21(2)33(20)26-11-7-23(8-12-26)24-9-13-27(14-10-24)34(35)36/h3-16,19H,18H2,1-2H3/b22-16-. The molecule has 3 aromatic carbocycles. The van der Waals surface area contributed by atoms with E-state index in [0.29, 0.717) is 12.1 Å². The molecule has 5 rings (SSSR count). The molecule has 0 radical (unpaired) electrons. The summed E-state index contributed by atoms with van der Waals surface area (Å²) >= 11 is 0. The van der Waals surface area contributed by atoms with E-state index in [4.69, 9.17) is 0 Å². The highest BCUT2D eigenvalue weighted by molar-refractivity contribution is 5.75. The van der Waals surface area contributed by atoms with E-state index < -0.39 is 4.92 Å². The van der Waals surface area contributed by atoms with Crippen molar-refractivity contribution in [3.05, 3.63) is 118 Å². The number of non-ortho nitro benzene ring substituents is 1. The Balaban J connectivity index is 1.42. The van der Waals surface area contributed by atoms with Gasteiger partial charge in [0.05, 0.1) is 34.9 Å². The Morgan fingerprint density at radius 2 is 1.69 bits per heavy atom. The first-order chi connectivity index (χ1) is 17.4. The number of aryl methyl sites for hydroxylation is 1. The van der Waals surface area contributed by atoms with Crippen molar-refractivity contribution in [2.24, 2.45) is 0 Å². The molecular formula is C29H23N5O2. The number of nitrogens with zero attached hydrogens (tertiary/aromatic N) is 5. The first-order valence-electron chi connectivity index (χ1n) is 11.5. The molecule has 5 aromatic rings. The third-order valence-corrected chi connectivity index (χ3v) is 6.35. The summed E-state index contributed by atoms with van der Waals surface area (Å²) in [5, 5.41) is 20.7. The number of hydrogen-bond donors (Lipinski definition) is 0. The number of imidazole rings is 1. The van der Waals surface area contributed by atoms with Crippen LogP contribution in [0.4, 0.5) is 5.69 Å². The fraction of sp³-hybridized carbons (Fsp3) is 0.103. The minimum absolute atomic E-state index is 0.0764. The zero-order chi connectivity index (χ0) is 25.2.